The van der Waals surface area contributed by atoms with Crippen molar-refractivity contribution in [1.29, 1.82) is 0 Å². The van der Waals surface area contributed by atoms with Gasteiger partial charge in [0.25, 0.3) is 5.91 Å². The van der Waals surface area contributed by atoms with Crippen molar-refractivity contribution >= 4 is 11.7 Å². The third kappa shape index (κ3) is 2.17. The van der Waals surface area contributed by atoms with Crippen LogP contribution in [0, 0.1) is 0 Å². The molecule has 1 aromatic rings. The normalized spacial score (nSPS) is 28.5. The van der Waals surface area contributed by atoms with Crippen molar-refractivity contribution in [3.8, 4) is 0 Å². The Bertz CT molecular complexity index is 493. The molecule has 2 aliphatic heterocycles. The van der Waals surface area contributed by atoms with Gasteiger partial charge in [-0.3, -0.25) is 4.79 Å². The first-order chi connectivity index (χ1) is 9.81. The maximum Gasteiger partial charge on any atom is 0.253 e. The van der Waals surface area contributed by atoms with Gasteiger partial charge in [0.15, 0.2) is 0 Å². The molecule has 0 aromatic carbocycles. The summed E-state index contributed by atoms with van der Waals surface area (Å²) in [4.78, 5) is 19.0. The van der Waals surface area contributed by atoms with Gasteiger partial charge >= 0.3 is 0 Å². The molecule has 4 nitrogen and oxygen atoms in total. The molecule has 1 N–H and O–H groups in total. The van der Waals surface area contributed by atoms with Gasteiger partial charge in [0, 0.05) is 24.3 Å². The number of piperidine rings is 1. The van der Waals surface area contributed by atoms with Crippen LogP contribution < -0.4 is 10.2 Å². The number of carbonyl (C=O) groups excluding carboxylic acids is 1. The van der Waals surface area contributed by atoms with Crippen LogP contribution in [-0.2, 0) is 0 Å². The van der Waals surface area contributed by atoms with Crippen LogP contribution in [0.25, 0.3) is 0 Å². The summed E-state index contributed by atoms with van der Waals surface area (Å²) >= 11 is 0. The Balaban J connectivity index is 1.50. The van der Waals surface area contributed by atoms with Gasteiger partial charge in [0.05, 0.1) is 5.56 Å². The SMILES string of the molecule is O=C(NC1CC1)c1ccc(N2C3CCCC2CC3)nc1. The molecule has 3 heterocycles. The predicted molar refractivity (Wildman–Crippen MR) is 77.9 cm³/mol. The number of carbonyl (C=O) groups is 1. The lowest BCUT2D eigenvalue weighted by Crippen LogP contribution is -2.40. The highest BCUT2D eigenvalue weighted by Crippen LogP contribution is 2.38. The Morgan fingerprint density at radius 2 is 1.85 bits per heavy atom. The van der Waals surface area contributed by atoms with Crippen LogP contribution in [0.4, 0.5) is 5.82 Å². The first kappa shape index (κ1) is 12.2. The van der Waals surface area contributed by atoms with Gasteiger partial charge in [-0.1, -0.05) is 0 Å². The lowest BCUT2D eigenvalue weighted by Gasteiger charge is -2.35. The smallest absolute Gasteiger partial charge is 0.253 e. The van der Waals surface area contributed by atoms with Crippen molar-refractivity contribution in [2.24, 2.45) is 0 Å². The second-order valence-corrected chi connectivity index (χ2v) is 6.38. The summed E-state index contributed by atoms with van der Waals surface area (Å²) in [5.74, 6) is 1.08. The van der Waals surface area contributed by atoms with E-state index in [9.17, 15) is 4.79 Å². The van der Waals surface area contributed by atoms with Crippen LogP contribution >= 0.6 is 0 Å². The Kier molecular flexibility index (Phi) is 2.90. The van der Waals surface area contributed by atoms with Gasteiger partial charge in [-0.2, -0.15) is 0 Å². The van der Waals surface area contributed by atoms with Gasteiger partial charge < -0.3 is 10.2 Å². The largest absolute Gasteiger partial charge is 0.351 e. The monoisotopic (exact) mass is 271 g/mol. The maximum absolute atomic E-state index is 12.0. The molecule has 1 aromatic heterocycles. The van der Waals surface area contributed by atoms with Gasteiger partial charge in [-0.25, -0.2) is 4.98 Å². The van der Waals surface area contributed by atoms with E-state index in [2.05, 4.69) is 15.2 Å². The first-order valence-electron chi connectivity index (χ1n) is 7.86. The number of amides is 1. The number of anilines is 1. The van der Waals surface area contributed by atoms with E-state index in [4.69, 9.17) is 0 Å². The van der Waals surface area contributed by atoms with E-state index in [1.54, 1.807) is 6.20 Å². The topological polar surface area (TPSA) is 45.2 Å². The number of aromatic nitrogens is 1. The highest BCUT2D eigenvalue weighted by molar-refractivity contribution is 5.94. The van der Waals surface area contributed by atoms with Crippen LogP contribution in [-0.4, -0.2) is 29.0 Å². The summed E-state index contributed by atoms with van der Waals surface area (Å²) in [7, 11) is 0. The average Bonchev–Trinajstić information content (AvgIpc) is 3.25. The minimum Gasteiger partial charge on any atom is -0.351 e. The first-order valence-corrected chi connectivity index (χ1v) is 7.86. The minimum atomic E-state index is 0.0215. The molecule has 3 fully saturated rings. The Labute approximate surface area is 119 Å². The fourth-order valence-electron chi connectivity index (χ4n) is 3.66. The lowest BCUT2D eigenvalue weighted by molar-refractivity contribution is 0.0950. The molecule has 0 radical (unpaired) electrons. The molecule has 2 saturated heterocycles. The van der Waals surface area contributed by atoms with Gasteiger partial charge in [0.1, 0.15) is 5.82 Å². The number of pyridine rings is 1. The highest BCUT2D eigenvalue weighted by atomic mass is 16.1. The molecule has 1 saturated carbocycles. The zero-order chi connectivity index (χ0) is 13.5. The average molecular weight is 271 g/mol. The van der Waals surface area contributed by atoms with E-state index < -0.39 is 0 Å². The second kappa shape index (κ2) is 4.76. The van der Waals surface area contributed by atoms with Crippen molar-refractivity contribution in [3.63, 3.8) is 0 Å². The summed E-state index contributed by atoms with van der Waals surface area (Å²) in [6.07, 6.45) is 10.5. The van der Waals surface area contributed by atoms with Crippen molar-refractivity contribution in [2.45, 2.75) is 63.1 Å². The molecule has 4 rings (SSSR count). The van der Waals surface area contributed by atoms with E-state index in [-0.39, 0.29) is 5.91 Å². The molecule has 106 valence electrons. The van der Waals surface area contributed by atoms with Gasteiger partial charge in [0.2, 0.25) is 0 Å². The molecular formula is C16H21N3O. The van der Waals surface area contributed by atoms with Crippen molar-refractivity contribution in [3.05, 3.63) is 23.9 Å². The summed E-state index contributed by atoms with van der Waals surface area (Å²) in [6, 6.07) is 5.70. The third-order valence-electron chi connectivity index (χ3n) is 4.88. The van der Waals surface area contributed by atoms with Crippen LogP contribution in [0.15, 0.2) is 18.3 Å². The summed E-state index contributed by atoms with van der Waals surface area (Å²) in [5.41, 5.74) is 0.685. The molecule has 2 atom stereocenters. The fraction of sp³-hybridized carbons (Fsp3) is 0.625. The molecule has 2 bridgehead atoms. The molecule has 1 aliphatic carbocycles. The summed E-state index contributed by atoms with van der Waals surface area (Å²) in [5, 5.41) is 3.01. The maximum atomic E-state index is 12.0. The molecule has 0 spiro atoms. The van der Waals surface area contributed by atoms with Crippen LogP contribution in [0.3, 0.4) is 0 Å². The van der Waals surface area contributed by atoms with Crippen LogP contribution in [0.1, 0.15) is 55.3 Å². The number of fused-ring (bicyclic) bond motifs is 2. The number of nitrogens with one attached hydrogen (secondary N) is 1. The molecule has 2 unspecified atom stereocenters. The van der Waals surface area contributed by atoms with E-state index in [1.165, 1.54) is 32.1 Å². The molecule has 20 heavy (non-hydrogen) atoms. The zero-order valence-electron chi connectivity index (χ0n) is 11.7. The number of hydrogen-bond donors (Lipinski definition) is 1. The molecule has 1 amide bonds. The predicted octanol–water partition coefficient (Wildman–Crippen LogP) is 2.50. The second-order valence-electron chi connectivity index (χ2n) is 6.38. The third-order valence-corrected chi connectivity index (χ3v) is 4.88. The van der Waals surface area contributed by atoms with Gasteiger partial charge in [-0.15, -0.1) is 0 Å². The van der Waals surface area contributed by atoms with E-state index in [1.807, 2.05) is 12.1 Å². The van der Waals surface area contributed by atoms with E-state index >= 15 is 0 Å². The Morgan fingerprint density at radius 3 is 2.45 bits per heavy atom. The van der Waals surface area contributed by atoms with Crippen LogP contribution in [0.5, 0.6) is 0 Å². The minimum absolute atomic E-state index is 0.0215. The Morgan fingerprint density at radius 1 is 1.10 bits per heavy atom. The van der Waals surface area contributed by atoms with Crippen molar-refractivity contribution in [2.75, 3.05) is 4.90 Å². The molecular weight excluding hydrogens is 250 g/mol. The summed E-state index contributed by atoms with van der Waals surface area (Å²) in [6.45, 7) is 0. The number of nitrogens with zero attached hydrogens (tertiary/aromatic N) is 2. The summed E-state index contributed by atoms with van der Waals surface area (Å²) < 4.78 is 0. The quantitative estimate of drug-likeness (QED) is 0.918. The van der Waals surface area contributed by atoms with Crippen molar-refractivity contribution in [1.82, 2.24) is 10.3 Å². The van der Waals surface area contributed by atoms with Crippen LogP contribution in [0.2, 0.25) is 0 Å². The van der Waals surface area contributed by atoms with E-state index in [0.717, 1.165) is 18.7 Å². The molecule has 3 aliphatic rings. The standard InChI is InChI=1S/C16H21N3O/c20-16(18-12-5-6-12)11-4-9-15(17-10-11)19-13-2-1-3-14(19)8-7-13/h4,9-10,12-14H,1-3,5-8H2,(H,18,20). The molecule has 4 heteroatoms. The lowest BCUT2D eigenvalue weighted by atomic mass is 10.0. The fourth-order valence-corrected chi connectivity index (χ4v) is 3.66. The zero-order valence-corrected chi connectivity index (χ0v) is 11.7. The van der Waals surface area contributed by atoms with Gasteiger partial charge in [-0.05, 0) is 57.1 Å². The number of hydrogen-bond acceptors (Lipinski definition) is 3. The Hall–Kier alpha value is -1.58. The highest BCUT2D eigenvalue weighted by Gasteiger charge is 2.37. The number of rotatable bonds is 3. The van der Waals surface area contributed by atoms with E-state index in [0.29, 0.717) is 23.7 Å². The van der Waals surface area contributed by atoms with Crippen molar-refractivity contribution < 1.29 is 4.79 Å².